The monoisotopic (exact) mass is 291 g/mol. The zero-order valence-electron chi connectivity index (χ0n) is 9.50. The van der Waals surface area contributed by atoms with E-state index in [0.29, 0.717) is 17.5 Å². The van der Waals surface area contributed by atoms with Crippen LogP contribution < -0.4 is 0 Å². The Morgan fingerprint density at radius 3 is 2.84 bits per heavy atom. The lowest BCUT2D eigenvalue weighted by atomic mass is 10.3. The maximum absolute atomic E-state index is 10.3. The fourth-order valence-electron chi connectivity index (χ4n) is 1.38. The molecule has 0 aromatic heterocycles. The molecule has 0 aromatic rings. The molecular formula is C7H9N5O6S. The van der Waals surface area contributed by atoms with E-state index in [1.165, 1.54) is 11.8 Å². The Morgan fingerprint density at radius 2 is 2.26 bits per heavy atom. The number of rotatable bonds is 7. The van der Waals surface area contributed by atoms with Crippen LogP contribution in [0, 0.1) is 31.7 Å². The van der Waals surface area contributed by atoms with E-state index in [1.807, 2.05) is 0 Å². The highest BCUT2D eigenvalue weighted by atomic mass is 32.2. The summed E-state index contributed by atoms with van der Waals surface area (Å²) in [5.74, 6) is 0.668. The summed E-state index contributed by atoms with van der Waals surface area (Å²) in [6.07, 6.45) is 0.479. The van der Waals surface area contributed by atoms with Crippen molar-refractivity contribution in [2.45, 2.75) is 6.10 Å². The van der Waals surface area contributed by atoms with Gasteiger partial charge in [-0.2, -0.15) is 5.26 Å². The fraction of sp³-hybridized carbons (Fsp3) is 0.714. The van der Waals surface area contributed by atoms with Crippen LogP contribution in [0.4, 0.5) is 0 Å². The third-order valence-corrected chi connectivity index (χ3v) is 3.03. The quantitative estimate of drug-likeness (QED) is 0.349. The van der Waals surface area contributed by atoms with Crippen LogP contribution >= 0.6 is 11.8 Å². The molecule has 12 heteroatoms. The molecule has 0 aliphatic carbocycles. The lowest BCUT2D eigenvalue weighted by Gasteiger charge is -2.22. The van der Waals surface area contributed by atoms with Crippen molar-refractivity contribution in [2.75, 3.05) is 25.4 Å². The molecule has 0 bridgehead atoms. The summed E-state index contributed by atoms with van der Waals surface area (Å²) in [4.78, 5) is 33.8. The van der Waals surface area contributed by atoms with Gasteiger partial charge < -0.3 is 14.6 Å². The molecule has 11 nitrogen and oxygen atoms in total. The van der Waals surface area contributed by atoms with Gasteiger partial charge in [-0.3, -0.25) is 0 Å². The van der Waals surface area contributed by atoms with E-state index in [4.69, 9.17) is 5.26 Å². The van der Waals surface area contributed by atoms with E-state index in [0.717, 1.165) is 0 Å². The summed E-state index contributed by atoms with van der Waals surface area (Å²) in [6, 6.07) is 0. The van der Waals surface area contributed by atoms with Crippen molar-refractivity contribution in [3.05, 3.63) is 20.2 Å². The van der Waals surface area contributed by atoms with Crippen LogP contribution in [-0.2, 0) is 9.68 Å². The Labute approximate surface area is 111 Å². The third-order valence-electron chi connectivity index (χ3n) is 2.03. The number of nitrogens with zero attached hydrogens (tertiary/aromatic N) is 5. The van der Waals surface area contributed by atoms with Gasteiger partial charge in [0.25, 0.3) is 10.2 Å². The molecular weight excluding hydrogens is 282 g/mol. The van der Waals surface area contributed by atoms with Crippen LogP contribution in [0.3, 0.4) is 0 Å². The highest BCUT2D eigenvalue weighted by molar-refractivity contribution is 8.14. The van der Waals surface area contributed by atoms with E-state index in [1.54, 1.807) is 11.1 Å². The van der Waals surface area contributed by atoms with Gasteiger partial charge in [0.15, 0.2) is 5.17 Å². The highest BCUT2D eigenvalue weighted by Gasteiger charge is 2.25. The summed E-state index contributed by atoms with van der Waals surface area (Å²) < 4.78 is 0. The molecule has 19 heavy (non-hydrogen) atoms. The predicted octanol–water partition coefficient (Wildman–Crippen LogP) is -0.343. The van der Waals surface area contributed by atoms with E-state index in [2.05, 4.69) is 14.7 Å². The summed E-state index contributed by atoms with van der Waals surface area (Å²) in [6.45, 7) is -0.0848. The molecule has 1 rings (SSSR count). The number of hydrogen-bond donors (Lipinski definition) is 0. The first kappa shape index (κ1) is 14.8. The van der Waals surface area contributed by atoms with Gasteiger partial charge >= 0.3 is 0 Å². The second kappa shape index (κ2) is 7.21. The average molecular weight is 291 g/mol. The predicted molar refractivity (Wildman–Crippen MR) is 61.9 cm³/mol. The van der Waals surface area contributed by atoms with Crippen molar-refractivity contribution in [1.29, 1.82) is 5.26 Å². The average Bonchev–Trinajstić information content (AvgIpc) is 2.73. The summed E-state index contributed by atoms with van der Waals surface area (Å²) in [5.41, 5.74) is 0. The Kier molecular flexibility index (Phi) is 5.61. The molecule has 0 saturated carbocycles. The molecule has 0 radical (unpaired) electrons. The Balaban J connectivity index is 2.60. The number of nitriles is 1. The molecule has 0 aromatic carbocycles. The zero-order chi connectivity index (χ0) is 14.3. The van der Waals surface area contributed by atoms with E-state index in [-0.39, 0.29) is 6.54 Å². The lowest BCUT2D eigenvalue weighted by molar-refractivity contribution is -0.789. The molecule has 1 saturated heterocycles. The number of hydrogen-bond acceptors (Lipinski definition) is 9. The van der Waals surface area contributed by atoms with Crippen LogP contribution in [0.1, 0.15) is 0 Å². The molecule has 104 valence electrons. The van der Waals surface area contributed by atoms with Gasteiger partial charge in [0.05, 0.1) is 0 Å². The maximum Gasteiger partial charge on any atom is 0.294 e. The number of aliphatic imine (C=N–C) groups is 1. The first-order valence-corrected chi connectivity index (χ1v) is 5.94. The molecule has 1 unspecified atom stereocenters. The van der Waals surface area contributed by atoms with Crippen LogP contribution in [0.15, 0.2) is 4.99 Å². The van der Waals surface area contributed by atoms with Gasteiger partial charge in [-0.25, -0.2) is 0 Å². The molecule has 1 aliphatic heterocycles. The van der Waals surface area contributed by atoms with Gasteiger partial charge in [0, 0.05) is 18.8 Å². The summed E-state index contributed by atoms with van der Waals surface area (Å²) >= 11 is 1.31. The van der Waals surface area contributed by atoms with Gasteiger partial charge in [-0.15, -0.1) is 25.2 Å². The van der Waals surface area contributed by atoms with E-state index in [9.17, 15) is 20.2 Å². The fourth-order valence-corrected chi connectivity index (χ4v) is 2.33. The van der Waals surface area contributed by atoms with Crippen molar-refractivity contribution in [3.8, 4) is 6.19 Å². The second-order valence-corrected chi connectivity index (χ2v) is 4.32. The van der Waals surface area contributed by atoms with Crippen LogP contribution in [0.2, 0.25) is 0 Å². The summed E-state index contributed by atoms with van der Waals surface area (Å²) in [5, 5.41) is 27.1. The highest BCUT2D eigenvalue weighted by Crippen LogP contribution is 2.18. The molecule has 1 atom stereocenters. The molecule has 0 spiro atoms. The first-order chi connectivity index (χ1) is 9.02. The molecule has 1 heterocycles. The smallest absolute Gasteiger partial charge is 0.294 e. The van der Waals surface area contributed by atoms with Gasteiger partial charge in [0.2, 0.25) is 6.19 Å². The van der Waals surface area contributed by atoms with E-state index < -0.39 is 22.9 Å². The standard InChI is InChI=1S/C7H9N5O6S/c8-5-9-7-10(1-2-19-7)3-6(18-12(15)16)4-17-11(13)14/h6H,1-4H2. The Morgan fingerprint density at radius 1 is 1.53 bits per heavy atom. The van der Waals surface area contributed by atoms with E-state index >= 15 is 0 Å². The molecule has 1 fully saturated rings. The number of amidine groups is 1. The van der Waals surface area contributed by atoms with Gasteiger partial charge in [-0.05, 0) is 0 Å². The van der Waals surface area contributed by atoms with Crippen molar-refractivity contribution in [3.63, 3.8) is 0 Å². The van der Waals surface area contributed by atoms with Crippen molar-refractivity contribution in [1.82, 2.24) is 4.90 Å². The minimum Gasteiger partial charge on any atom is -0.347 e. The second-order valence-electron chi connectivity index (χ2n) is 3.26. The van der Waals surface area contributed by atoms with Crippen molar-refractivity contribution >= 4 is 16.9 Å². The van der Waals surface area contributed by atoms with Gasteiger partial charge in [-0.1, -0.05) is 11.8 Å². The lowest BCUT2D eigenvalue weighted by Crippen LogP contribution is -2.38. The normalized spacial score (nSPS) is 17.8. The minimum atomic E-state index is -1.14. The zero-order valence-corrected chi connectivity index (χ0v) is 10.3. The molecule has 0 amide bonds. The largest absolute Gasteiger partial charge is 0.347 e. The maximum atomic E-state index is 10.3. The topological polar surface area (TPSA) is 144 Å². The third kappa shape index (κ3) is 5.25. The van der Waals surface area contributed by atoms with Gasteiger partial charge in [0.1, 0.15) is 12.7 Å². The molecule has 1 aliphatic rings. The SMILES string of the molecule is N#CN=C1SCCN1CC(CO[N+](=O)[O-])O[N+](=O)[O-]. The van der Waals surface area contributed by atoms with Crippen molar-refractivity contribution in [2.24, 2.45) is 4.99 Å². The van der Waals surface area contributed by atoms with Crippen LogP contribution in [0.25, 0.3) is 0 Å². The number of thioether (sulfide) groups is 1. The van der Waals surface area contributed by atoms with Crippen LogP contribution in [-0.4, -0.2) is 51.8 Å². The summed E-state index contributed by atoms with van der Waals surface area (Å²) in [7, 11) is 0. The molecule has 0 N–H and O–H groups in total. The van der Waals surface area contributed by atoms with Crippen molar-refractivity contribution < 1.29 is 19.8 Å². The van der Waals surface area contributed by atoms with Crippen LogP contribution in [0.5, 0.6) is 0 Å². The Hall–Kier alpha value is -2.29. The first-order valence-electron chi connectivity index (χ1n) is 4.96. The Bertz CT molecular complexity index is 423. The minimum absolute atomic E-state index is 0.0255.